The summed E-state index contributed by atoms with van der Waals surface area (Å²) in [5, 5.41) is 2.93. The van der Waals surface area contributed by atoms with Crippen molar-refractivity contribution in [2.24, 2.45) is 5.73 Å². The van der Waals surface area contributed by atoms with Crippen molar-refractivity contribution in [3.63, 3.8) is 0 Å². The standard InChI is InChI=1S/C6H5BrN2O2S/c7-3-1-2-4(12-3)9-6(11)5(8)10/h1-2H,(H2,8,10)(H,9,11). The van der Waals surface area contributed by atoms with Gasteiger partial charge in [0, 0.05) is 0 Å². The molecule has 0 aliphatic rings. The number of amides is 2. The summed E-state index contributed by atoms with van der Waals surface area (Å²) < 4.78 is 0.877. The predicted molar refractivity (Wildman–Crippen MR) is 49.8 cm³/mol. The van der Waals surface area contributed by atoms with E-state index in [1.165, 1.54) is 11.3 Å². The Kier molecular flexibility index (Phi) is 2.83. The van der Waals surface area contributed by atoms with Gasteiger partial charge in [0.25, 0.3) is 0 Å². The van der Waals surface area contributed by atoms with Gasteiger partial charge in [-0.25, -0.2) is 0 Å². The second-order valence-electron chi connectivity index (χ2n) is 1.92. The number of anilines is 1. The number of primary amides is 1. The number of nitrogens with one attached hydrogen (secondary N) is 1. The number of hydrogen-bond donors (Lipinski definition) is 2. The van der Waals surface area contributed by atoms with Gasteiger partial charge in [-0.15, -0.1) is 11.3 Å². The molecule has 12 heavy (non-hydrogen) atoms. The van der Waals surface area contributed by atoms with E-state index in [1.54, 1.807) is 12.1 Å². The molecular formula is C6H5BrN2O2S. The van der Waals surface area contributed by atoms with E-state index in [4.69, 9.17) is 5.73 Å². The van der Waals surface area contributed by atoms with Gasteiger partial charge >= 0.3 is 11.8 Å². The molecule has 0 atom stereocenters. The molecule has 1 rings (SSSR count). The number of carbonyl (C=O) groups is 2. The lowest BCUT2D eigenvalue weighted by atomic mass is 10.5. The van der Waals surface area contributed by atoms with Crippen LogP contribution in [0.15, 0.2) is 15.9 Å². The molecule has 1 aromatic heterocycles. The molecule has 6 heteroatoms. The van der Waals surface area contributed by atoms with E-state index in [0.29, 0.717) is 5.00 Å². The van der Waals surface area contributed by atoms with Crippen LogP contribution < -0.4 is 11.1 Å². The second kappa shape index (κ2) is 3.68. The van der Waals surface area contributed by atoms with Crippen molar-refractivity contribution in [2.75, 3.05) is 5.32 Å². The lowest BCUT2D eigenvalue weighted by Crippen LogP contribution is -2.29. The Morgan fingerprint density at radius 1 is 1.50 bits per heavy atom. The van der Waals surface area contributed by atoms with Crippen LogP contribution in [-0.4, -0.2) is 11.8 Å². The maximum atomic E-state index is 10.7. The smallest absolute Gasteiger partial charge is 0.314 e. The summed E-state index contributed by atoms with van der Waals surface area (Å²) in [7, 11) is 0. The predicted octanol–water partition coefficient (Wildman–Crippen LogP) is 0.934. The Labute approximate surface area is 80.9 Å². The first-order chi connectivity index (χ1) is 5.59. The summed E-state index contributed by atoms with van der Waals surface area (Å²) in [6.45, 7) is 0. The molecule has 0 spiro atoms. The van der Waals surface area contributed by atoms with Gasteiger partial charge in [0.2, 0.25) is 0 Å². The first-order valence-electron chi connectivity index (χ1n) is 2.95. The minimum Gasteiger partial charge on any atom is -0.361 e. The third-order valence-electron chi connectivity index (χ3n) is 1.03. The van der Waals surface area contributed by atoms with Crippen LogP contribution >= 0.6 is 27.3 Å². The van der Waals surface area contributed by atoms with E-state index in [2.05, 4.69) is 21.2 Å². The highest BCUT2D eigenvalue weighted by Gasteiger charge is 2.09. The van der Waals surface area contributed by atoms with Crippen molar-refractivity contribution in [1.29, 1.82) is 0 Å². The number of nitrogens with two attached hydrogens (primary N) is 1. The molecule has 0 radical (unpaired) electrons. The molecule has 0 bridgehead atoms. The molecule has 0 unspecified atom stereocenters. The minimum atomic E-state index is -0.987. The first-order valence-corrected chi connectivity index (χ1v) is 4.56. The monoisotopic (exact) mass is 248 g/mol. The first kappa shape index (κ1) is 9.21. The van der Waals surface area contributed by atoms with E-state index in [0.717, 1.165) is 3.79 Å². The Bertz CT molecular complexity index is 323. The zero-order valence-electron chi connectivity index (χ0n) is 5.83. The lowest BCUT2D eigenvalue weighted by molar-refractivity contribution is -0.134. The molecule has 2 amide bonds. The van der Waals surface area contributed by atoms with E-state index in [1.807, 2.05) is 0 Å². The van der Waals surface area contributed by atoms with Crippen molar-refractivity contribution in [1.82, 2.24) is 0 Å². The van der Waals surface area contributed by atoms with Crippen LogP contribution in [0.4, 0.5) is 5.00 Å². The van der Waals surface area contributed by atoms with Crippen LogP contribution in [0.3, 0.4) is 0 Å². The van der Waals surface area contributed by atoms with E-state index < -0.39 is 11.8 Å². The zero-order valence-corrected chi connectivity index (χ0v) is 8.24. The van der Waals surface area contributed by atoms with Gasteiger partial charge in [0.05, 0.1) is 8.79 Å². The third-order valence-corrected chi connectivity index (χ3v) is 2.57. The van der Waals surface area contributed by atoms with E-state index in [-0.39, 0.29) is 0 Å². The van der Waals surface area contributed by atoms with Crippen LogP contribution in [0, 0.1) is 0 Å². The Morgan fingerprint density at radius 3 is 2.58 bits per heavy atom. The summed E-state index contributed by atoms with van der Waals surface area (Å²) >= 11 is 4.52. The number of thiophene rings is 1. The maximum absolute atomic E-state index is 10.7. The quantitative estimate of drug-likeness (QED) is 0.727. The maximum Gasteiger partial charge on any atom is 0.314 e. The molecule has 0 aliphatic heterocycles. The average Bonchev–Trinajstić information content (AvgIpc) is 2.35. The fraction of sp³-hybridized carbons (Fsp3) is 0. The van der Waals surface area contributed by atoms with Gasteiger partial charge in [-0.1, -0.05) is 0 Å². The third kappa shape index (κ3) is 2.31. The SMILES string of the molecule is NC(=O)C(=O)Nc1ccc(Br)s1. The summed E-state index contributed by atoms with van der Waals surface area (Å²) in [5.41, 5.74) is 4.73. The fourth-order valence-corrected chi connectivity index (χ4v) is 1.84. The van der Waals surface area contributed by atoms with Gasteiger partial charge in [0.1, 0.15) is 0 Å². The van der Waals surface area contributed by atoms with Gasteiger partial charge in [-0.05, 0) is 28.1 Å². The molecule has 0 fully saturated rings. The van der Waals surface area contributed by atoms with Crippen molar-refractivity contribution in [2.45, 2.75) is 0 Å². The molecule has 0 saturated carbocycles. The normalized spacial score (nSPS) is 9.42. The van der Waals surface area contributed by atoms with Gasteiger partial charge in [-0.3, -0.25) is 9.59 Å². The molecule has 1 heterocycles. The molecule has 0 aromatic carbocycles. The zero-order chi connectivity index (χ0) is 9.14. The van der Waals surface area contributed by atoms with Gasteiger partial charge < -0.3 is 11.1 Å². The largest absolute Gasteiger partial charge is 0.361 e. The number of rotatable bonds is 1. The molecule has 1 aromatic rings. The molecule has 0 saturated heterocycles. The Balaban J connectivity index is 2.64. The van der Waals surface area contributed by atoms with E-state index in [9.17, 15) is 9.59 Å². The minimum absolute atomic E-state index is 0.589. The number of hydrogen-bond acceptors (Lipinski definition) is 3. The van der Waals surface area contributed by atoms with E-state index >= 15 is 0 Å². The molecule has 64 valence electrons. The molecule has 3 N–H and O–H groups in total. The van der Waals surface area contributed by atoms with Crippen molar-refractivity contribution >= 4 is 44.1 Å². The topological polar surface area (TPSA) is 72.2 Å². The number of halogens is 1. The van der Waals surface area contributed by atoms with Crippen molar-refractivity contribution in [3.8, 4) is 0 Å². The lowest BCUT2D eigenvalue weighted by Gasteiger charge is -1.95. The Morgan fingerprint density at radius 2 is 2.17 bits per heavy atom. The highest BCUT2D eigenvalue weighted by molar-refractivity contribution is 9.11. The van der Waals surface area contributed by atoms with Crippen LogP contribution in [0.1, 0.15) is 0 Å². The van der Waals surface area contributed by atoms with Gasteiger partial charge in [-0.2, -0.15) is 0 Å². The second-order valence-corrected chi connectivity index (χ2v) is 4.39. The van der Waals surface area contributed by atoms with Crippen LogP contribution in [0.25, 0.3) is 0 Å². The number of carbonyl (C=O) groups excluding carboxylic acids is 2. The molecular weight excluding hydrogens is 244 g/mol. The van der Waals surface area contributed by atoms with Crippen LogP contribution in [0.5, 0.6) is 0 Å². The highest BCUT2D eigenvalue weighted by Crippen LogP contribution is 2.26. The highest BCUT2D eigenvalue weighted by atomic mass is 79.9. The molecule has 4 nitrogen and oxygen atoms in total. The Hall–Kier alpha value is -0.880. The average molecular weight is 249 g/mol. The molecule has 0 aliphatic carbocycles. The van der Waals surface area contributed by atoms with Crippen LogP contribution in [-0.2, 0) is 9.59 Å². The fourth-order valence-electron chi connectivity index (χ4n) is 0.555. The summed E-state index contributed by atoms with van der Waals surface area (Å²) in [4.78, 5) is 21.0. The summed E-state index contributed by atoms with van der Waals surface area (Å²) in [5.74, 6) is -1.79. The summed E-state index contributed by atoms with van der Waals surface area (Å²) in [6.07, 6.45) is 0. The van der Waals surface area contributed by atoms with Crippen LogP contribution in [0.2, 0.25) is 0 Å². The van der Waals surface area contributed by atoms with Gasteiger partial charge in [0.15, 0.2) is 0 Å². The van der Waals surface area contributed by atoms with Crippen molar-refractivity contribution < 1.29 is 9.59 Å². The summed E-state index contributed by atoms with van der Waals surface area (Å²) in [6, 6.07) is 3.44. The van der Waals surface area contributed by atoms with Crippen molar-refractivity contribution in [3.05, 3.63) is 15.9 Å².